The van der Waals surface area contributed by atoms with Crippen molar-refractivity contribution in [2.45, 2.75) is 0 Å². The van der Waals surface area contributed by atoms with Gasteiger partial charge in [-0.15, -0.1) is 0 Å². The number of anilines is 3. The van der Waals surface area contributed by atoms with E-state index in [0.717, 1.165) is 17.1 Å². The lowest BCUT2D eigenvalue weighted by atomic mass is 9.91. The van der Waals surface area contributed by atoms with Crippen LogP contribution in [0.5, 0.6) is 0 Å². The highest BCUT2D eigenvalue weighted by Crippen LogP contribution is 2.40. The summed E-state index contributed by atoms with van der Waals surface area (Å²) in [6.45, 7) is 0. The quantitative estimate of drug-likeness (QED) is 0.142. The number of nitrogens with zero attached hydrogens (tertiary/aromatic N) is 1. The third-order valence-electron chi connectivity index (χ3n) is 11.3. The second-order valence-corrected chi connectivity index (χ2v) is 14.9. The number of fused-ring (bicyclic) bond motifs is 1. The molecule has 278 valence electrons. The predicted octanol–water partition coefficient (Wildman–Crippen LogP) is 16.3. The highest BCUT2D eigenvalue weighted by Gasteiger charge is 2.15. The van der Waals surface area contributed by atoms with Crippen molar-refractivity contribution in [1.29, 1.82) is 0 Å². The topological polar surface area (TPSA) is 3.24 Å². The Labute approximate surface area is 346 Å². The van der Waals surface area contributed by atoms with Gasteiger partial charge >= 0.3 is 0 Å². The Balaban J connectivity index is 0.964. The maximum absolute atomic E-state index is 2.35. The molecule has 0 aliphatic heterocycles. The molecule has 0 saturated heterocycles. The van der Waals surface area contributed by atoms with Gasteiger partial charge in [0, 0.05) is 17.1 Å². The molecule has 0 N–H and O–H groups in total. The zero-order chi connectivity index (χ0) is 39.4. The summed E-state index contributed by atoms with van der Waals surface area (Å²) in [5.74, 6) is 0. The van der Waals surface area contributed by atoms with Gasteiger partial charge in [0.05, 0.1) is 0 Å². The lowest BCUT2D eigenvalue weighted by Gasteiger charge is -2.26. The first-order chi connectivity index (χ1) is 29.2. The van der Waals surface area contributed by atoms with E-state index in [0.29, 0.717) is 0 Å². The summed E-state index contributed by atoms with van der Waals surface area (Å²) in [4.78, 5) is 2.35. The zero-order valence-corrected chi connectivity index (χ0v) is 32.6. The molecule has 0 bridgehead atoms. The molecule has 10 rings (SSSR count). The predicted molar refractivity (Wildman–Crippen MR) is 251 cm³/mol. The van der Waals surface area contributed by atoms with Gasteiger partial charge in [0.25, 0.3) is 0 Å². The maximum atomic E-state index is 2.35. The molecule has 0 aromatic heterocycles. The van der Waals surface area contributed by atoms with Crippen molar-refractivity contribution >= 4 is 27.8 Å². The molecular formula is C58H41N. The fourth-order valence-electron chi connectivity index (χ4n) is 8.26. The molecule has 0 unspecified atom stereocenters. The Morgan fingerprint density at radius 2 is 0.559 bits per heavy atom. The smallest absolute Gasteiger partial charge is 0.0462 e. The SMILES string of the molecule is c1ccc(-c2ccc(N(c3ccc(-c4ccc(-c5ccc(-c6ccccc6)c(-c6ccccc6)c5)cc4)cc3)c3ccc(-c4cccc5ccccc45)cc3)cc2)cc1. The summed E-state index contributed by atoms with van der Waals surface area (Å²) in [5, 5.41) is 2.51. The first-order valence-corrected chi connectivity index (χ1v) is 20.2. The molecule has 0 fully saturated rings. The van der Waals surface area contributed by atoms with Crippen LogP contribution in [0, 0.1) is 0 Å². The monoisotopic (exact) mass is 751 g/mol. The van der Waals surface area contributed by atoms with Gasteiger partial charge in [-0.05, 0) is 120 Å². The van der Waals surface area contributed by atoms with Crippen molar-refractivity contribution in [2.24, 2.45) is 0 Å². The normalized spacial score (nSPS) is 11.1. The first-order valence-electron chi connectivity index (χ1n) is 20.2. The molecule has 0 aliphatic rings. The van der Waals surface area contributed by atoms with Crippen LogP contribution in [-0.2, 0) is 0 Å². The van der Waals surface area contributed by atoms with Crippen LogP contribution in [0.2, 0.25) is 0 Å². The molecule has 0 amide bonds. The number of benzene rings is 10. The molecular weight excluding hydrogens is 711 g/mol. The summed E-state index contributed by atoms with van der Waals surface area (Å²) >= 11 is 0. The van der Waals surface area contributed by atoms with Crippen LogP contribution < -0.4 is 4.90 Å². The fraction of sp³-hybridized carbons (Fsp3) is 0. The lowest BCUT2D eigenvalue weighted by Crippen LogP contribution is -2.09. The van der Waals surface area contributed by atoms with E-state index >= 15 is 0 Å². The Kier molecular flexibility index (Phi) is 9.68. The molecule has 10 aromatic carbocycles. The van der Waals surface area contributed by atoms with Crippen molar-refractivity contribution in [3.63, 3.8) is 0 Å². The molecule has 0 aliphatic carbocycles. The van der Waals surface area contributed by atoms with Gasteiger partial charge in [0.15, 0.2) is 0 Å². The van der Waals surface area contributed by atoms with Crippen LogP contribution in [-0.4, -0.2) is 0 Å². The van der Waals surface area contributed by atoms with Crippen LogP contribution in [0.25, 0.3) is 77.5 Å². The van der Waals surface area contributed by atoms with Crippen LogP contribution in [0.15, 0.2) is 249 Å². The van der Waals surface area contributed by atoms with Crippen LogP contribution in [0.1, 0.15) is 0 Å². The van der Waals surface area contributed by atoms with E-state index in [2.05, 4.69) is 254 Å². The van der Waals surface area contributed by atoms with E-state index in [1.54, 1.807) is 0 Å². The number of hydrogen-bond acceptors (Lipinski definition) is 1. The van der Waals surface area contributed by atoms with Gasteiger partial charge in [0.2, 0.25) is 0 Å². The number of rotatable bonds is 9. The third-order valence-corrected chi connectivity index (χ3v) is 11.3. The Hall–Kier alpha value is -7.74. The van der Waals surface area contributed by atoms with Crippen molar-refractivity contribution < 1.29 is 0 Å². The summed E-state index contributed by atoms with van der Waals surface area (Å²) < 4.78 is 0. The van der Waals surface area contributed by atoms with Gasteiger partial charge < -0.3 is 4.90 Å². The largest absolute Gasteiger partial charge is 0.311 e. The molecule has 1 nitrogen and oxygen atoms in total. The molecule has 0 spiro atoms. The Morgan fingerprint density at radius 3 is 1.10 bits per heavy atom. The summed E-state index contributed by atoms with van der Waals surface area (Å²) in [6.07, 6.45) is 0. The fourth-order valence-corrected chi connectivity index (χ4v) is 8.26. The molecule has 10 aromatic rings. The van der Waals surface area contributed by atoms with Crippen molar-refractivity contribution in [3.8, 4) is 66.8 Å². The van der Waals surface area contributed by atoms with Crippen LogP contribution >= 0.6 is 0 Å². The molecule has 0 heterocycles. The Morgan fingerprint density at radius 1 is 0.203 bits per heavy atom. The van der Waals surface area contributed by atoms with E-state index in [1.807, 2.05) is 0 Å². The van der Waals surface area contributed by atoms with E-state index in [4.69, 9.17) is 0 Å². The molecule has 59 heavy (non-hydrogen) atoms. The molecule has 0 saturated carbocycles. The minimum Gasteiger partial charge on any atom is -0.311 e. The lowest BCUT2D eigenvalue weighted by molar-refractivity contribution is 1.28. The highest BCUT2D eigenvalue weighted by molar-refractivity contribution is 5.97. The molecule has 0 atom stereocenters. The average Bonchev–Trinajstić information content (AvgIpc) is 3.33. The highest BCUT2D eigenvalue weighted by atomic mass is 15.1. The second-order valence-electron chi connectivity index (χ2n) is 14.9. The van der Waals surface area contributed by atoms with E-state index < -0.39 is 0 Å². The Bertz CT molecular complexity index is 2970. The zero-order valence-electron chi connectivity index (χ0n) is 32.6. The van der Waals surface area contributed by atoms with Gasteiger partial charge in [0.1, 0.15) is 0 Å². The van der Waals surface area contributed by atoms with Crippen molar-refractivity contribution in [1.82, 2.24) is 0 Å². The summed E-state index contributed by atoms with van der Waals surface area (Å²) in [7, 11) is 0. The van der Waals surface area contributed by atoms with Gasteiger partial charge in [-0.3, -0.25) is 0 Å². The summed E-state index contributed by atoms with van der Waals surface area (Å²) in [5.41, 5.74) is 17.8. The minimum absolute atomic E-state index is 1.10. The average molecular weight is 752 g/mol. The number of hydrogen-bond donors (Lipinski definition) is 0. The van der Waals surface area contributed by atoms with Crippen molar-refractivity contribution in [2.75, 3.05) is 4.90 Å². The van der Waals surface area contributed by atoms with Gasteiger partial charge in [-0.2, -0.15) is 0 Å². The molecule has 1 heteroatoms. The standard InChI is InChI=1S/C58H41N/c1-4-13-42(14-5-1)44-27-34-52(35-28-44)59(54-38-31-50(32-39-54)56-22-12-20-48-19-10-11-21-55(48)56)53-36-29-45(30-37-53)43-23-25-46(26-24-43)51-33-40-57(47-15-6-2-7-16-47)58(41-51)49-17-8-3-9-18-49/h1-41H. The maximum Gasteiger partial charge on any atom is 0.0462 e. The first kappa shape index (κ1) is 35.7. The molecule has 0 radical (unpaired) electrons. The van der Waals surface area contributed by atoms with E-state index in [1.165, 1.54) is 77.5 Å². The van der Waals surface area contributed by atoms with Gasteiger partial charge in [-0.1, -0.05) is 206 Å². The van der Waals surface area contributed by atoms with E-state index in [-0.39, 0.29) is 0 Å². The minimum atomic E-state index is 1.10. The van der Waals surface area contributed by atoms with E-state index in [9.17, 15) is 0 Å². The van der Waals surface area contributed by atoms with Crippen LogP contribution in [0.4, 0.5) is 17.1 Å². The third kappa shape index (κ3) is 7.34. The van der Waals surface area contributed by atoms with Crippen molar-refractivity contribution in [3.05, 3.63) is 249 Å². The second kappa shape index (κ2) is 16.0. The van der Waals surface area contributed by atoms with Crippen LogP contribution in [0.3, 0.4) is 0 Å². The summed E-state index contributed by atoms with van der Waals surface area (Å²) in [6, 6.07) is 89.7. The van der Waals surface area contributed by atoms with Gasteiger partial charge in [-0.25, -0.2) is 0 Å².